The summed E-state index contributed by atoms with van der Waals surface area (Å²) < 4.78 is 10.7. The van der Waals surface area contributed by atoms with E-state index < -0.39 is 5.91 Å². The van der Waals surface area contributed by atoms with Gasteiger partial charge in [0.2, 0.25) is 18.6 Å². The van der Waals surface area contributed by atoms with Crippen molar-refractivity contribution in [1.29, 1.82) is 0 Å². The molecule has 7 nitrogen and oxygen atoms in total. The van der Waals surface area contributed by atoms with Crippen LogP contribution >= 0.6 is 0 Å². The number of hydrogen-bond donors (Lipinski definition) is 2. The van der Waals surface area contributed by atoms with Gasteiger partial charge in [0.1, 0.15) is 0 Å². The van der Waals surface area contributed by atoms with Crippen molar-refractivity contribution < 1.29 is 19.1 Å². The fourth-order valence-electron chi connectivity index (χ4n) is 2.63. The predicted molar refractivity (Wildman–Crippen MR) is 97.1 cm³/mol. The van der Waals surface area contributed by atoms with Crippen LogP contribution in [0.25, 0.3) is 0 Å². The van der Waals surface area contributed by atoms with Crippen molar-refractivity contribution in [3.05, 3.63) is 53.6 Å². The number of nitrogens with two attached hydrogens (primary N) is 1. The average molecular weight is 355 g/mol. The van der Waals surface area contributed by atoms with E-state index in [1.807, 2.05) is 37.1 Å². The Hall–Kier alpha value is -3.06. The van der Waals surface area contributed by atoms with E-state index in [1.54, 1.807) is 24.3 Å². The third kappa shape index (κ3) is 3.94. The van der Waals surface area contributed by atoms with E-state index in [0.29, 0.717) is 17.8 Å². The Morgan fingerprint density at radius 1 is 1.15 bits per heavy atom. The molecule has 0 aromatic heterocycles. The highest BCUT2D eigenvalue weighted by molar-refractivity contribution is 5.96. The molecule has 0 aliphatic carbocycles. The van der Waals surface area contributed by atoms with E-state index in [-0.39, 0.29) is 18.7 Å². The van der Waals surface area contributed by atoms with Gasteiger partial charge in [-0.05, 0) is 55.9 Å². The predicted octanol–water partition coefficient (Wildman–Crippen LogP) is 1.97. The first-order valence-corrected chi connectivity index (χ1v) is 8.23. The summed E-state index contributed by atoms with van der Waals surface area (Å²) in [7, 11) is 1.88. The van der Waals surface area contributed by atoms with Gasteiger partial charge in [-0.1, -0.05) is 6.07 Å². The maximum atomic E-state index is 12.5. The minimum atomic E-state index is -0.500. The highest BCUT2D eigenvalue weighted by Gasteiger charge is 2.20. The van der Waals surface area contributed by atoms with Crippen molar-refractivity contribution in [3.8, 4) is 11.5 Å². The Bertz CT molecular complexity index is 820. The van der Waals surface area contributed by atoms with Crippen LogP contribution in [0.2, 0.25) is 0 Å². The molecular formula is C19H21N3O4. The summed E-state index contributed by atoms with van der Waals surface area (Å²) in [6, 6.07) is 11.9. The van der Waals surface area contributed by atoms with Gasteiger partial charge in [-0.25, -0.2) is 0 Å². The number of ether oxygens (including phenoxy) is 2. The normalized spacial score (nSPS) is 13.5. The largest absolute Gasteiger partial charge is 0.454 e. The van der Waals surface area contributed by atoms with Gasteiger partial charge >= 0.3 is 0 Å². The maximum Gasteiger partial charge on any atom is 0.248 e. The van der Waals surface area contributed by atoms with Crippen LogP contribution in [0.15, 0.2) is 42.5 Å². The second-order valence-electron chi connectivity index (χ2n) is 6.21. The minimum absolute atomic E-state index is 0.139. The van der Waals surface area contributed by atoms with Crippen LogP contribution in [0, 0.1) is 0 Å². The molecule has 1 atom stereocenters. The van der Waals surface area contributed by atoms with Gasteiger partial charge in [0.15, 0.2) is 11.5 Å². The van der Waals surface area contributed by atoms with Crippen LogP contribution in [0.4, 0.5) is 5.69 Å². The van der Waals surface area contributed by atoms with Gasteiger partial charge in [0.05, 0.1) is 6.04 Å². The topological polar surface area (TPSA) is 93.9 Å². The molecule has 0 saturated heterocycles. The second kappa shape index (κ2) is 7.45. The number of nitrogens with one attached hydrogen (secondary N) is 1. The molecule has 136 valence electrons. The highest BCUT2D eigenvalue weighted by Crippen LogP contribution is 2.32. The van der Waals surface area contributed by atoms with Crippen LogP contribution < -0.4 is 20.5 Å². The van der Waals surface area contributed by atoms with Crippen LogP contribution in [0.5, 0.6) is 11.5 Å². The highest BCUT2D eigenvalue weighted by atomic mass is 16.7. The Morgan fingerprint density at radius 2 is 1.85 bits per heavy atom. The molecule has 7 heteroatoms. The van der Waals surface area contributed by atoms with Crippen molar-refractivity contribution in [2.45, 2.75) is 19.5 Å². The first-order chi connectivity index (χ1) is 12.4. The molecule has 26 heavy (non-hydrogen) atoms. The molecule has 1 heterocycles. The molecule has 0 bridgehead atoms. The minimum Gasteiger partial charge on any atom is -0.454 e. The Labute approximate surface area is 151 Å². The summed E-state index contributed by atoms with van der Waals surface area (Å²) in [6.45, 7) is 2.66. The van der Waals surface area contributed by atoms with Gasteiger partial charge in [-0.2, -0.15) is 0 Å². The molecule has 0 spiro atoms. The van der Waals surface area contributed by atoms with Crippen LogP contribution in [0.3, 0.4) is 0 Å². The number of anilines is 1. The molecular weight excluding hydrogens is 334 g/mol. The first-order valence-electron chi connectivity index (χ1n) is 8.23. The quantitative estimate of drug-likeness (QED) is 0.826. The van der Waals surface area contributed by atoms with E-state index in [2.05, 4.69) is 5.32 Å². The van der Waals surface area contributed by atoms with Gasteiger partial charge in [0.25, 0.3) is 0 Å². The van der Waals surface area contributed by atoms with Crippen LogP contribution in [-0.2, 0) is 11.3 Å². The summed E-state index contributed by atoms with van der Waals surface area (Å²) in [6.07, 6.45) is 0. The summed E-state index contributed by atoms with van der Waals surface area (Å²) in [5.41, 5.74) is 7.25. The maximum absolute atomic E-state index is 12.5. The molecule has 2 aromatic carbocycles. The van der Waals surface area contributed by atoms with E-state index in [0.717, 1.165) is 17.1 Å². The lowest BCUT2D eigenvalue weighted by Crippen LogP contribution is -2.39. The fraction of sp³-hybridized carbons (Fsp3) is 0.263. The van der Waals surface area contributed by atoms with Crippen molar-refractivity contribution in [2.75, 3.05) is 19.2 Å². The van der Waals surface area contributed by atoms with E-state index in [9.17, 15) is 9.59 Å². The number of primary amides is 1. The zero-order valence-corrected chi connectivity index (χ0v) is 14.7. The van der Waals surface area contributed by atoms with Crippen molar-refractivity contribution in [3.63, 3.8) is 0 Å². The molecule has 0 unspecified atom stereocenters. The lowest BCUT2D eigenvalue weighted by atomic mass is 10.1. The molecule has 3 N–H and O–H groups in total. The number of benzene rings is 2. The van der Waals surface area contributed by atoms with E-state index >= 15 is 0 Å². The smallest absolute Gasteiger partial charge is 0.248 e. The lowest BCUT2D eigenvalue weighted by molar-refractivity contribution is -0.120. The van der Waals surface area contributed by atoms with Crippen molar-refractivity contribution >= 4 is 17.5 Å². The number of carbonyl (C=O) groups excluding carboxylic acids is 2. The molecule has 1 aliphatic rings. The summed E-state index contributed by atoms with van der Waals surface area (Å²) in [4.78, 5) is 25.5. The monoisotopic (exact) mass is 355 g/mol. The standard InChI is InChI=1S/C19H21N3O4/c1-12(19(24)21-15-6-4-14(5-7-15)18(20)23)22(2)10-13-3-8-16-17(9-13)26-11-25-16/h3-9,12H,10-11H2,1-2H3,(H2,20,23)(H,21,24)/t12-/m1/s1. The van der Waals surface area contributed by atoms with Gasteiger partial charge < -0.3 is 20.5 Å². The van der Waals surface area contributed by atoms with E-state index in [1.165, 1.54) is 0 Å². The molecule has 2 aromatic rings. The summed E-state index contributed by atoms with van der Waals surface area (Å²) >= 11 is 0. The molecule has 0 fully saturated rings. The Morgan fingerprint density at radius 3 is 2.54 bits per heavy atom. The molecule has 1 aliphatic heterocycles. The number of amides is 2. The molecule has 0 saturated carbocycles. The number of nitrogens with zero attached hydrogens (tertiary/aromatic N) is 1. The number of rotatable bonds is 6. The lowest BCUT2D eigenvalue weighted by Gasteiger charge is -2.24. The average Bonchev–Trinajstić information content (AvgIpc) is 3.09. The number of fused-ring (bicyclic) bond motifs is 1. The third-order valence-electron chi connectivity index (χ3n) is 4.35. The van der Waals surface area contributed by atoms with Gasteiger partial charge in [-0.3, -0.25) is 14.5 Å². The van der Waals surface area contributed by atoms with Gasteiger partial charge in [-0.15, -0.1) is 0 Å². The third-order valence-corrected chi connectivity index (χ3v) is 4.35. The SMILES string of the molecule is C[C@H](C(=O)Nc1ccc(C(N)=O)cc1)N(C)Cc1ccc2c(c1)OCO2. The Kier molecular flexibility index (Phi) is 5.09. The second-order valence-corrected chi connectivity index (χ2v) is 6.21. The molecule has 2 amide bonds. The van der Waals surface area contributed by atoms with Crippen molar-refractivity contribution in [1.82, 2.24) is 4.90 Å². The zero-order chi connectivity index (χ0) is 18.7. The first kappa shape index (κ1) is 17.8. The summed E-state index contributed by atoms with van der Waals surface area (Å²) in [5, 5.41) is 2.84. The summed E-state index contributed by atoms with van der Waals surface area (Å²) in [5.74, 6) is 0.823. The van der Waals surface area contributed by atoms with Crippen LogP contribution in [-0.4, -0.2) is 36.6 Å². The van der Waals surface area contributed by atoms with Gasteiger partial charge in [0, 0.05) is 17.8 Å². The zero-order valence-electron chi connectivity index (χ0n) is 14.7. The molecule has 0 radical (unpaired) electrons. The number of hydrogen-bond acceptors (Lipinski definition) is 5. The van der Waals surface area contributed by atoms with Crippen LogP contribution in [0.1, 0.15) is 22.8 Å². The Balaban J connectivity index is 1.59. The fourth-order valence-corrected chi connectivity index (χ4v) is 2.63. The number of carbonyl (C=O) groups is 2. The van der Waals surface area contributed by atoms with Crippen molar-refractivity contribution in [2.24, 2.45) is 5.73 Å². The molecule has 3 rings (SSSR count). The van der Waals surface area contributed by atoms with E-state index in [4.69, 9.17) is 15.2 Å². The number of likely N-dealkylation sites (N-methyl/N-ethyl adjacent to an activating group) is 1.